The quantitative estimate of drug-likeness (QED) is 0.356. The minimum atomic E-state index is 0.0632. The minimum absolute atomic E-state index is 0.0632. The number of hydrogen-bond acceptors (Lipinski definition) is 4. The van der Waals surface area contributed by atoms with Crippen molar-refractivity contribution in [2.75, 3.05) is 49.6 Å². The maximum atomic E-state index is 12.4. The fourth-order valence-electron chi connectivity index (χ4n) is 2.41. The summed E-state index contributed by atoms with van der Waals surface area (Å²) >= 11 is 1.81. The maximum Gasteiger partial charge on any atom is 0.246 e. The van der Waals surface area contributed by atoms with E-state index in [1.165, 1.54) is 0 Å². The van der Waals surface area contributed by atoms with Gasteiger partial charge in [0.05, 0.1) is 11.9 Å². The number of carbonyl (C=O) groups is 1. The maximum absolute atomic E-state index is 12.4. The standard InChI is InChI=1S/C15H24N6OS/c1-4-8-23-9-5-17-15(16-2)20-6-7-21(14(22)12-20)13-10-18-19(3)11-13/h4,10-11H,1,5-9,12H2,2-3H3,(H,16,17). The molecule has 1 aliphatic heterocycles. The van der Waals surface area contributed by atoms with E-state index in [0.29, 0.717) is 13.1 Å². The van der Waals surface area contributed by atoms with Gasteiger partial charge in [0.15, 0.2) is 5.96 Å². The van der Waals surface area contributed by atoms with E-state index in [1.54, 1.807) is 22.8 Å². The Balaban J connectivity index is 1.85. The van der Waals surface area contributed by atoms with E-state index in [4.69, 9.17) is 0 Å². The Morgan fingerprint density at radius 1 is 1.57 bits per heavy atom. The number of carbonyl (C=O) groups excluding carboxylic acids is 1. The number of piperazine rings is 1. The van der Waals surface area contributed by atoms with Crippen LogP contribution in [0.15, 0.2) is 30.0 Å². The van der Waals surface area contributed by atoms with Gasteiger partial charge >= 0.3 is 0 Å². The summed E-state index contributed by atoms with van der Waals surface area (Å²) in [4.78, 5) is 20.4. The predicted octanol–water partition coefficient (Wildman–Crippen LogP) is 0.563. The average Bonchev–Trinajstić information content (AvgIpc) is 2.97. The summed E-state index contributed by atoms with van der Waals surface area (Å²) in [5.41, 5.74) is 0.848. The van der Waals surface area contributed by atoms with E-state index in [-0.39, 0.29) is 5.91 Å². The lowest BCUT2D eigenvalue weighted by molar-refractivity contribution is -0.120. The number of aliphatic imine (C=N–C) groups is 1. The molecule has 23 heavy (non-hydrogen) atoms. The van der Waals surface area contributed by atoms with Crippen LogP contribution in [0.1, 0.15) is 0 Å². The zero-order valence-corrected chi connectivity index (χ0v) is 14.6. The number of nitrogens with zero attached hydrogens (tertiary/aromatic N) is 5. The molecule has 0 unspecified atom stereocenters. The van der Waals surface area contributed by atoms with Crippen LogP contribution in [0.5, 0.6) is 0 Å². The van der Waals surface area contributed by atoms with E-state index < -0.39 is 0 Å². The second kappa shape index (κ2) is 8.61. The second-order valence-electron chi connectivity index (χ2n) is 5.18. The van der Waals surface area contributed by atoms with Crippen molar-refractivity contribution in [3.05, 3.63) is 25.0 Å². The Morgan fingerprint density at radius 2 is 2.39 bits per heavy atom. The molecule has 1 aromatic rings. The minimum Gasteiger partial charge on any atom is -0.355 e. The zero-order chi connectivity index (χ0) is 16.7. The van der Waals surface area contributed by atoms with Gasteiger partial charge < -0.3 is 15.1 Å². The molecule has 1 aliphatic rings. The first-order valence-corrected chi connectivity index (χ1v) is 8.74. The number of nitrogens with one attached hydrogen (secondary N) is 1. The molecule has 1 N–H and O–H groups in total. The Bertz CT molecular complexity index is 570. The van der Waals surface area contributed by atoms with Crippen LogP contribution < -0.4 is 10.2 Å². The SMILES string of the molecule is C=CCSCCNC(=NC)N1CCN(c2cnn(C)c2)C(=O)C1. The summed E-state index contributed by atoms with van der Waals surface area (Å²) in [7, 11) is 3.59. The van der Waals surface area contributed by atoms with Gasteiger partial charge in [-0.25, -0.2) is 0 Å². The molecule has 2 rings (SSSR count). The van der Waals surface area contributed by atoms with Crippen LogP contribution in [0.25, 0.3) is 0 Å². The summed E-state index contributed by atoms with van der Waals surface area (Å²) in [6, 6.07) is 0. The van der Waals surface area contributed by atoms with Crippen LogP contribution in [0.4, 0.5) is 5.69 Å². The van der Waals surface area contributed by atoms with Gasteiger partial charge in [-0.3, -0.25) is 14.5 Å². The van der Waals surface area contributed by atoms with Gasteiger partial charge in [0, 0.05) is 51.4 Å². The smallest absolute Gasteiger partial charge is 0.246 e. The van der Waals surface area contributed by atoms with Crippen molar-refractivity contribution >= 4 is 29.3 Å². The van der Waals surface area contributed by atoms with Gasteiger partial charge in [0.25, 0.3) is 0 Å². The molecule has 0 spiro atoms. The lowest BCUT2D eigenvalue weighted by Gasteiger charge is -2.35. The normalized spacial score (nSPS) is 15.9. The highest BCUT2D eigenvalue weighted by atomic mass is 32.2. The molecule has 0 aliphatic carbocycles. The van der Waals surface area contributed by atoms with Crippen LogP contribution in [0.2, 0.25) is 0 Å². The van der Waals surface area contributed by atoms with E-state index in [0.717, 1.165) is 36.2 Å². The van der Waals surface area contributed by atoms with Crippen molar-refractivity contribution in [1.82, 2.24) is 20.0 Å². The molecule has 0 aromatic carbocycles. The summed E-state index contributed by atoms with van der Waals surface area (Å²) in [5, 5.41) is 7.44. The molecule has 7 nitrogen and oxygen atoms in total. The first-order chi connectivity index (χ1) is 11.2. The van der Waals surface area contributed by atoms with Crippen molar-refractivity contribution in [2.45, 2.75) is 0 Å². The number of hydrogen-bond donors (Lipinski definition) is 1. The summed E-state index contributed by atoms with van der Waals surface area (Å²) < 4.78 is 1.70. The molecule has 0 saturated carbocycles. The Labute approximate surface area is 141 Å². The van der Waals surface area contributed by atoms with Crippen LogP contribution in [0.3, 0.4) is 0 Å². The summed E-state index contributed by atoms with van der Waals surface area (Å²) in [6.45, 7) is 6.24. The van der Waals surface area contributed by atoms with E-state index in [1.807, 2.05) is 36.0 Å². The highest BCUT2D eigenvalue weighted by molar-refractivity contribution is 7.99. The Hall–Kier alpha value is -1.96. The van der Waals surface area contributed by atoms with Gasteiger partial charge in [-0.1, -0.05) is 6.08 Å². The molecule has 1 amide bonds. The zero-order valence-electron chi connectivity index (χ0n) is 13.7. The van der Waals surface area contributed by atoms with Gasteiger partial charge in [-0.2, -0.15) is 16.9 Å². The highest BCUT2D eigenvalue weighted by Crippen LogP contribution is 2.16. The molecule has 126 valence electrons. The molecule has 8 heteroatoms. The van der Waals surface area contributed by atoms with Crippen molar-refractivity contribution < 1.29 is 4.79 Å². The van der Waals surface area contributed by atoms with Crippen LogP contribution in [-0.2, 0) is 11.8 Å². The van der Waals surface area contributed by atoms with Crippen LogP contribution >= 0.6 is 11.8 Å². The van der Waals surface area contributed by atoms with Gasteiger partial charge in [-0.05, 0) is 0 Å². The molecule has 0 atom stereocenters. The fourth-order valence-corrected chi connectivity index (χ4v) is 2.99. The molecular weight excluding hydrogens is 312 g/mol. The number of thioether (sulfide) groups is 1. The Morgan fingerprint density at radius 3 is 3.00 bits per heavy atom. The second-order valence-corrected chi connectivity index (χ2v) is 6.33. The van der Waals surface area contributed by atoms with E-state index >= 15 is 0 Å². The first kappa shape index (κ1) is 17.4. The average molecular weight is 336 g/mol. The Kier molecular flexibility index (Phi) is 6.52. The van der Waals surface area contributed by atoms with Crippen molar-refractivity contribution in [3.63, 3.8) is 0 Å². The molecule has 0 radical (unpaired) electrons. The number of aryl methyl sites for hydroxylation is 1. The predicted molar refractivity (Wildman–Crippen MR) is 96.0 cm³/mol. The highest BCUT2D eigenvalue weighted by Gasteiger charge is 2.27. The molecule has 2 heterocycles. The number of rotatable bonds is 6. The fraction of sp³-hybridized carbons (Fsp3) is 0.533. The third kappa shape index (κ3) is 4.75. The summed E-state index contributed by atoms with van der Waals surface area (Å²) in [6.07, 6.45) is 5.48. The molecular formula is C15H24N6OS. The van der Waals surface area contributed by atoms with Crippen molar-refractivity contribution in [3.8, 4) is 0 Å². The first-order valence-electron chi connectivity index (χ1n) is 7.59. The van der Waals surface area contributed by atoms with Crippen LogP contribution in [0, 0.1) is 0 Å². The van der Waals surface area contributed by atoms with Crippen molar-refractivity contribution in [1.29, 1.82) is 0 Å². The molecule has 1 aromatic heterocycles. The third-order valence-electron chi connectivity index (χ3n) is 3.50. The molecule has 0 bridgehead atoms. The van der Waals surface area contributed by atoms with Gasteiger partial charge in [0.2, 0.25) is 5.91 Å². The lowest BCUT2D eigenvalue weighted by Crippen LogP contribution is -2.55. The number of anilines is 1. The van der Waals surface area contributed by atoms with Crippen LogP contribution in [-0.4, -0.2) is 71.3 Å². The number of aromatic nitrogens is 2. The number of amides is 1. The third-order valence-corrected chi connectivity index (χ3v) is 4.46. The lowest BCUT2D eigenvalue weighted by atomic mass is 10.3. The monoisotopic (exact) mass is 336 g/mol. The number of guanidine groups is 1. The summed E-state index contributed by atoms with van der Waals surface area (Å²) in [5.74, 6) is 2.77. The van der Waals surface area contributed by atoms with E-state index in [2.05, 4.69) is 22.0 Å². The van der Waals surface area contributed by atoms with Crippen molar-refractivity contribution in [2.24, 2.45) is 12.0 Å². The van der Waals surface area contributed by atoms with Gasteiger partial charge in [0.1, 0.15) is 6.54 Å². The largest absolute Gasteiger partial charge is 0.355 e. The molecule has 1 fully saturated rings. The van der Waals surface area contributed by atoms with Gasteiger partial charge in [-0.15, -0.1) is 6.58 Å². The van der Waals surface area contributed by atoms with E-state index in [9.17, 15) is 4.79 Å². The topological polar surface area (TPSA) is 65.8 Å². The molecule has 1 saturated heterocycles.